The number of carbonyl (C=O) groups is 1. The Morgan fingerprint density at radius 2 is 1.88 bits per heavy atom. The summed E-state index contributed by atoms with van der Waals surface area (Å²) in [7, 11) is 0. The van der Waals surface area contributed by atoms with Gasteiger partial charge < -0.3 is 4.42 Å². The minimum atomic E-state index is -0.00264. The second kappa shape index (κ2) is 4.83. The molecule has 17 heavy (non-hydrogen) atoms. The van der Waals surface area contributed by atoms with E-state index in [1.165, 1.54) is 0 Å². The number of furan rings is 1. The molecule has 0 unspecified atom stereocenters. The van der Waals surface area contributed by atoms with E-state index in [-0.39, 0.29) is 5.78 Å². The third-order valence-electron chi connectivity index (χ3n) is 2.57. The quantitative estimate of drug-likeness (QED) is 0.588. The highest BCUT2D eigenvalue weighted by Crippen LogP contribution is 2.11. The molecule has 1 aromatic carbocycles. The van der Waals surface area contributed by atoms with Crippen molar-refractivity contribution in [3.63, 3.8) is 0 Å². The van der Waals surface area contributed by atoms with Gasteiger partial charge >= 0.3 is 0 Å². The molecule has 0 aliphatic rings. The van der Waals surface area contributed by atoms with Gasteiger partial charge in [-0.2, -0.15) is 0 Å². The van der Waals surface area contributed by atoms with Crippen LogP contribution in [0.5, 0.6) is 0 Å². The molecule has 2 heteroatoms. The number of benzene rings is 1. The Kier molecular flexibility index (Phi) is 3.24. The summed E-state index contributed by atoms with van der Waals surface area (Å²) in [4.78, 5) is 11.9. The smallest absolute Gasteiger partial charge is 0.186 e. The van der Waals surface area contributed by atoms with E-state index in [9.17, 15) is 4.79 Å². The Labute approximate surface area is 101 Å². The second-order valence-corrected chi connectivity index (χ2v) is 3.96. The van der Waals surface area contributed by atoms with Crippen molar-refractivity contribution >= 4 is 11.9 Å². The average molecular weight is 226 g/mol. The number of ketones is 1. The van der Waals surface area contributed by atoms with Gasteiger partial charge in [0, 0.05) is 5.56 Å². The van der Waals surface area contributed by atoms with E-state index in [0.29, 0.717) is 5.76 Å². The lowest BCUT2D eigenvalue weighted by molar-refractivity contribution is 0.104. The molecule has 0 fully saturated rings. The molecule has 2 nitrogen and oxygen atoms in total. The van der Waals surface area contributed by atoms with Crippen LogP contribution < -0.4 is 0 Å². The monoisotopic (exact) mass is 226 g/mol. The normalized spacial score (nSPS) is 10.9. The molecule has 2 aromatic rings. The van der Waals surface area contributed by atoms with Gasteiger partial charge in [-0.05, 0) is 43.7 Å². The van der Waals surface area contributed by atoms with E-state index in [2.05, 4.69) is 0 Å². The van der Waals surface area contributed by atoms with Gasteiger partial charge in [-0.1, -0.05) is 24.3 Å². The van der Waals surface area contributed by atoms with Crippen molar-refractivity contribution < 1.29 is 9.21 Å². The fraction of sp³-hybridized carbons (Fsp3) is 0.133. The van der Waals surface area contributed by atoms with Crippen LogP contribution in [0.2, 0.25) is 0 Å². The summed E-state index contributed by atoms with van der Waals surface area (Å²) >= 11 is 0. The first kappa shape index (κ1) is 11.4. The largest absolute Gasteiger partial charge is 0.462 e. The third-order valence-corrected chi connectivity index (χ3v) is 2.57. The van der Waals surface area contributed by atoms with E-state index in [0.717, 1.165) is 16.9 Å². The van der Waals surface area contributed by atoms with E-state index < -0.39 is 0 Å². The maximum atomic E-state index is 11.9. The van der Waals surface area contributed by atoms with Crippen LogP contribution in [0.4, 0.5) is 0 Å². The average Bonchev–Trinajstić information content (AvgIpc) is 2.73. The Morgan fingerprint density at radius 3 is 2.53 bits per heavy atom. The van der Waals surface area contributed by atoms with Gasteiger partial charge in [0.05, 0.1) is 0 Å². The first-order valence-electron chi connectivity index (χ1n) is 5.51. The van der Waals surface area contributed by atoms with Crippen molar-refractivity contribution in [2.24, 2.45) is 0 Å². The molecule has 0 aliphatic heterocycles. The topological polar surface area (TPSA) is 30.2 Å². The van der Waals surface area contributed by atoms with Gasteiger partial charge in [-0.25, -0.2) is 0 Å². The minimum Gasteiger partial charge on any atom is -0.462 e. The molecular formula is C15H14O2. The predicted octanol–water partition coefficient (Wildman–Crippen LogP) is 3.79. The molecular weight excluding hydrogens is 212 g/mol. The number of hydrogen-bond donors (Lipinski definition) is 0. The number of aryl methyl sites for hydroxylation is 2. The Hall–Kier alpha value is -2.09. The highest BCUT2D eigenvalue weighted by atomic mass is 16.3. The molecule has 86 valence electrons. The van der Waals surface area contributed by atoms with Crippen LogP contribution in [0.3, 0.4) is 0 Å². The van der Waals surface area contributed by atoms with E-state index in [1.54, 1.807) is 12.2 Å². The zero-order chi connectivity index (χ0) is 12.3. The highest BCUT2D eigenvalue weighted by molar-refractivity contribution is 6.07. The van der Waals surface area contributed by atoms with Crippen LogP contribution in [-0.4, -0.2) is 5.78 Å². The molecule has 1 aromatic heterocycles. The lowest BCUT2D eigenvalue weighted by Gasteiger charge is -1.99. The highest BCUT2D eigenvalue weighted by Gasteiger charge is 2.04. The first-order chi connectivity index (χ1) is 8.16. The summed E-state index contributed by atoms with van der Waals surface area (Å²) in [6, 6.07) is 11.3. The molecule has 0 aliphatic carbocycles. The molecule has 0 saturated carbocycles. The van der Waals surface area contributed by atoms with Crippen molar-refractivity contribution in [3.8, 4) is 0 Å². The van der Waals surface area contributed by atoms with Crippen molar-refractivity contribution in [3.05, 3.63) is 65.1 Å². The molecule has 0 saturated heterocycles. The van der Waals surface area contributed by atoms with E-state index >= 15 is 0 Å². The summed E-state index contributed by atoms with van der Waals surface area (Å²) in [5, 5.41) is 0. The van der Waals surface area contributed by atoms with Crippen molar-refractivity contribution in [1.29, 1.82) is 0 Å². The van der Waals surface area contributed by atoms with Gasteiger partial charge in [0.1, 0.15) is 11.5 Å². The lowest BCUT2D eigenvalue weighted by Crippen LogP contribution is -1.96. The van der Waals surface area contributed by atoms with Crippen LogP contribution in [0.25, 0.3) is 6.08 Å². The number of carbonyl (C=O) groups excluding carboxylic acids is 1. The standard InChI is InChI=1S/C15H14O2/c1-11-5-3-4-6-14(11)15(16)10-9-13-8-7-12(2)17-13/h3-10H,1-2H3/b10-9+. The summed E-state index contributed by atoms with van der Waals surface area (Å²) in [5.41, 5.74) is 1.71. The zero-order valence-electron chi connectivity index (χ0n) is 9.94. The molecule has 0 radical (unpaired) electrons. The van der Waals surface area contributed by atoms with Gasteiger partial charge in [-0.3, -0.25) is 4.79 Å². The summed E-state index contributed by atoms with van der Waals surface area (Å²) in [5.74, 6) is 1.54. The zero-order valence-corrected chi connectivity index (χ0v) is 9.94. The Bertz CT molecular complexity index is 562. The minimum absolute atomic E-state index is 0.00264. The van der Waals surface area contributed by atoms with Crippen molar-refractivity contribution in [2.75, 3.05) is 0 Å². The molecule has 0 spiro atoms. The van der Waals surface area contributed by atoms with Crippen LogP contribution in [0.1, 0.15) is 27.4 Å². The van der Waals surface area contributed by atoms with Gasteiger partial charge in [0.2, 0.25) is 0 Å². The maximum Gasteiger partial charge on any atom is 0.186 e. The molecule has 0 N–H and O–H groups in total. The van der Waals surface area contributed by atoms with E-state index in [1.807, 2.05) is 50.2 Å². The number of hydrogen-bond acceptors (Lipinski definition) is 2. The number of rotatable bonds is 3. The summed E-state index contributed by atoms with van der Waals surface area (Å²) < 4.78 is 5.36. The maximum absolute atomic E-state index is 11.9. The van der Waals surface area contributed by atoms with Crippen molar-refractivity contribution in [1.82, 2.24) is 0 Å². The van der Waals surface area contributed by atoms with Crippen LogP contribution in [0.15, 0.2) is 46.9 Å². The fourth-order valence-electron chi connectivity index (χ4n) is 1.64. The fourth-order valence-corrected chi connectivity index (χ4v) is 1.64. The second-order valence-electron chi connectivity index (χ2n) is 3.96. The third kappa shape index (κ3) is 2.72. The SMILES string of the molecule is Cc1ccc(/C=C/C(=O)c2ccccc2C)o1. The lowest BCUT2D eigenvalue weighted by atomic mass is 10.0. The summed E-state index contributed by atoms with van der Waals surface area (Å²) in [6.45, 7) is 3.80. The van der Waals surface area contributed by atoms with Gasteiger partial charge in [-0.15, -0.1) is 0 Å². The predicted molar refractivity (Wildman–Crippen MR) is 68.0 cm³/mol. The van der Waals surface area contributed by atoms with Crippen molar-refractivity contribution in [2.45, 2.75) is 13.8 Å². The Morgan fingerprint density at radius 1 is 1.12 bits per heavy atom. The number of allylic oxidation sites excluding steroid dienone is 1. The van der Waals surface area contributed by atoms with Gasteiger partial charge in [0.25, 0.3) is 0 Å². The van der Waals surface area contributed by atoms with E-state index in [4.69, 9.17) is 4.42 Å². The Balaban J connectivity index is 2.17. The van der Waals surface area contributed by atoms with Gasteiger partial charge in [0.15, 0.2) is 5.78 Å². The van der Waals surface area contributed by atoms with Crippen LogP contribution in [-0.2, 0) is 0 Å². The van der Waals surface area contributed by atoms with Crippen LogP contribution in [0, 0.1) is 13.8 Å². The molecule has 2 rings (SSSR count). The molecule has 0 amide bonds. The van der Waals surface area contributed by atoms with Crippen LogP contribution >= 0.6 is 0 Å². The molecule has 1 heterocycles. The summed E-state index contributed by atoms with van der Waals surface area (Å²) in [6.07, 6.45) is 3.24. The first-order valence-corrected chi connectivity index (χ1v) is 5.51. The molecule has 0 atom stereocenters. The molecule has 0 bridgehead atoms.